The fraction of sp³-hybridized carbons (Fsp3) is 0.138. The van der Waals surface area contributed by atoms with Gasteiger partial charge in [-0.3, -0.25) is 14.4 Å². The molecule has 1 aliphatic heterocycles. The Morgan fingerprint density at radius 2 is 1.50 bits per heavy atom. The Morgan fingerprint density at radius 1 is 0.794 bits per heavy atom. The summed E-state index contributed by atoms with van der Waals surface area (Å²) in [4.78, 5) is 40.4. The summed E-state index contributed by atoms with van der Waals surface area (Å²) in [5, 5.41) is 4.70. The molecule has 0 radical (unpaired) electrons. The number of amides is 2. The molecule has 0 spiro atoms. The van der Waals surface area contributed by atoms with Crippen molar-refractivity contribution in [3.63, 3.8) is 0 Å². The molecule has 0 aliphatic carbocycles. The van der Waals surface area contributed by atoms with Crippen LogP contribution in [0, 0.1) is 0 Å². The molecule has 0 saturated heterocycles. The van der Waals surface area contributed by atoms with Crippen molar-refractivity contribution in [1.29, 1.82) is 0 Å². The van der Waals surface area contributed by atoms with E-state index in [2.05, 4.69) is 12.2 Å². The van der Waals surface area contributed by atoms with E-state index in [1.165, 1.54) is 0 Å². The predicted molar refractivity (Wildman–Crippen MR) is 135 cm³/mol. The first-order chi connectivity index (χ1) is 16.6. The molecule has 5 heteroatoms. The number of carbonyl (C=O) groups excluding carboxylic acids is 3. The third kappa shape index (κ3) is 3.75. The van der Waals surface area contributed by atoms with Crippen molar-refractivity contribution in [2.45, 2.75) is 19.8 Å². The van der Waals surface area contributed by atoms with Crippen LogP contribution in [0.2, 0.25) is 0 Å². The standard InChI is InChI=1S/C29H24N2O3/c1-2-3-18-31-25-17-16-24(22-10-7-11-23(26(22)25)29(31)34)30-28(33)21-14-12-20(13-15-21)27(32)19-8-5-4-6-9-19/h4-17H,2-3,18H2,1H3,(H,30,33). The Balaban J connectivity index is 1.40. The zero-order chi connectivity index (χ0) is 23.7. The lowest BCUT2D eigenvalue weighted by molar-refractivity contribution is 0.0990. The summed E-state index contributed by atoms with van der Waals surface area (Å²) in [6.07, 6.45) is 1.94. The Labute approximate surface area is 198 Å². The topological polar surface area (TPSA) is 66.5 Å². The van der Waals surface area contributed by atoms with Crippen LogP contribution in [0.5, 0.6) is 0 Å². The Morgan fingerprint density at radius 3 is 2.24 bits per heavy atom. The Hall–Kier alpha value is -4.25. The van der Waals surface area contributed by atoms with Crippen LogP contribution >= 0.6 is 0 Å². The molecule has 5 nitrogen and oxygen atoms in total. The van der Waals surface area contributed by atoms with Crippen molar-refractivity contribution >= 4 is 39.7 Å². The fourth-order valence-corrected chi connectivity index (χ4v) is 4.42. The molecule has 0 atom stereocenters. The van der Waals surface area contributed by atoms with E-state index < -0.39 is 0 Å². The van der Waals surface area contributed by atoms with Crippen LogP contribution in [0.1, 0.15) is 56.4 Å². The summed E-state index contributed by atoms with van der Waals surface area (Å²) in [6.45, 7) is 2.78. The summed E-state index contributed by atoms with van der Waals surface area (Å²) in [5.74, 6) is -0.347. The fourth-order valence-electron chi connectivity index (χ4n) is 4.42. The van der Waals surface area contributed by atoms with Gasteiger partial charge in [0.25, 0.3) is 11.8 Å². The molecule has 0 saturated carbocycles. The average molecular weight is 449 g/mol. The largest absolute Gasteiger partial charge is 0.321 e. The van der Waals surface area contributed by atoms with Crippen molar-refractivity contribution in [3.05, 3.63) is 107 Å². The van der Waals surface area contributed by atoms with Gasteiger partial charge in [-0.2, -0.15) is 0 Å². The molecule has 0 fully saturated rings. The second-order valence-electron chi connectivity index (χ2n) is 8.40. The Kier molecular flexibility index (Phi) is 5.68. The van der Waals surface area contributed by atoms with Crippen LogP contribution in [0.25, 0.3) is 10.8 Å². The molecule has 1 N–H and O–H groups in total. The SMILES string of the molecule is CCCCN1C(=O)c2cccc3c(NC(=O)c4ccc(C(=O)c5ccccc5)cc4)ccc1c23. The van der Waals surface area contributed by atoms with E-state index in [0.717, 1.165) is 29.3 Å². The highest BCUT2D eigenvalue weighted by molar-refractivity contribution is 6.27. The van der Waals surface area contributed by atoms with Gasteiger partial charge in [-0.05, 0) is 36.8 Å². The maximum atomic E-state index is 13.0. The summed E-state index contributed by atoms with van der Waals surface area (Å²) >= 11 is 0. The van der Waals surface area contributed by atoms with Gasteiger partial charge in [0.1, 0.15) is 0 Å². The van der Waals surface area contributed by atoms with Crippen molar-refractivity contribution in [3.8, 4) is 0 Å². The van der Waals surface area contributed by atoms with Gasteiger partial charge in [0, 0.05) is 45.3 Å². The van der Waals surface area contributed by atoms with E-state index >= 15 is 0 Å². The smallest absolute Gasteiger partial charge is 0.258 e. The average Bonchev–Trinajstić information content (AvgIpc) is 3.16. The molecule has 1 aliphatic rings. The molecule has 5 rings (SSSR count). The Bertz CT molecular complexity index is 1410. The number of unbranched alkanes of at least 4 members (excludes halogenated alkanes) is 1. The first-order valence-corrected chi connectivity index (χ1v) is 11.5. The van der Waals surface area contributed by atoms with Gasteiger partial charge in [0.15, 0.2) is 5.78 Å². The van der Waals surface area contributed by atoms with E-state index in [0.29, 0.717) is 34.5 Å². The van der Waals surface area contributed by atoms with Crippen LogP contribution in [0.3, 0.4) is 0 Å². The van der Waals surface area contributed by atoms with Gasteiger partial charge < -0.3 is 10.2 Å². The molecule has 4 aromatic rings. The molecule has 0 aromatic heterocycles. The summed E-state index contributed by atoms with van der Waals surface area (Å²) < 4.78 is 0. The number of hydrogen-bond acceptors (Lipinski definition) is 3. The number of benzene rings is 4. The van der Waals surface area contributed by atoms with E-state index in [1.807, 2.05) is 53.4 Å². The number of ketones is 1. The first kappa shape index (κ1) is 21.6. The zero-order valence-electron chi connectivity index (χ0n) is 18.9. The molecular formula is C29H24N2O3. The number of nitrogens with zero attached hydrogens (tertiary/aromatic N) is 1. The third-order valence-electron chi connectivity index (χ3n) is 6.21. The number of rotatable bonds is 7. The highest BCUT2D eigenvalue weighted by Gasteiger charge is 2.30. The van der Waals surface area contributed by atoms with Gasteiger partial charge in [-0.15, -0.1) is 0 Å². The molecule has 0 bridgehead atoms. The minimum atomic E-state index is -0.272. The quantitative estimate of drug-likeness (QED) is 0.348. The molecule has 34 heavy (non-hydrogen) atoms. The first-order valence-electron chi connectivity index (χ1n) is 11.5. The van der Waals surface area contributed by atoms with Crippen LogP contribution in [0.15, 0.2) is 84.9 Å². The highest BCUT2D eigenvalue weighted by Crippen LogP contribution is 2.40. The molecule has 1 heterocycles. The number of hydrogen-bond donors (Lipinski definition) is 1. The lowest BCUT2D eigenvalue weighted by Gasteiger charge is -2.17. The number of carbonyl (C=O) groups is 3. The van der Waals surface area contributed by atoms with Gasteiger partial charge in [0.05, 0.1) is 5.69 Å². The normalized spacial score (nSPS) is 12.3. The van der Waals surface area contributed by atoms with Crippen molar-refractivity contribution in [1.82, 2.24) is 0 Å². The van der Waals surface area contributed by atoms with E-state index in [9.17, 15) is 14.4 Å². The summed E-state index contributed by atoms with van der Waals surface area (Å²) in [6, 6.07) is 25.1. The van der Waals surface area contributed by atoms with E-state index in [4.69, 9.17) is 0 Å². The predicted octanol–water partition coefficient (Wildman–Crippen LogP) is 6.08. The van der Waals surface area contributed by atoms with Crippen LogP contribution in [-0.4, -0.2) is 24.1 Å². The van der Waals surface area contributed by atoms with Crippen LogP contribution in [0.4, 0.5) is 11.4 Å². The molecule has 2 amide bonds. The molecule has 0 unspecified atom stereocenters. The second-order valence-corrected chi connectivity index (χ2v) is 8.40. The van der Waals surface area contributed by atoms with Gasteiger partial charge in [-0.1, -0.05) is 67.9 Å². The lowest BCUT2D eigenvalue weighted by Crippen LogP contribution is -2.27. The zero-order valence-corrected chi connectivity index (χ0v) is 18.9. The van der Waals surface area contributed by atoms with E-state index in [-0.39, 0.29) is 17.6 Å². The van der Waals surface area contributed by atoms with Gasteiger partial charge in [0.2, 0.25) is 0 Å². The van der Waals surface area contributed by atoms with Crippen LogP contribution in [-0.2, 0) is 0 Å². The second kappa shape index (κ2) is 8.94. The molecular weight excluding hydrogens is 424 g/mol. The summed E-state index contributed by atoms with van der Waals surface area (Å²) in [7, 11) is 0. The monoisotopic (exact) mass is 448 g/mol. The van der Waals surface area contributed by atoms with E-state index in [1.54, 1.807) is 36.4 Å². The lowest BCUT2D eigenvalue weighted by atomic mass is 10.0. The minimum absolute atomic E-state index is 0.0104. The number of anilines is 2. The third-order valence-corrected chi connectivity index (χ3v) is 6.21. The van der Waals surface area contributed by atoms with Crippen molar-refractivity contribution < 1.29 is 14.4 Å². The maximum absolute atomic E-state index is 13.0. The molecule has 168 valence electrons. The molecule has 4 aromatic carbocycles. The van der Waals surface area contributed by atoms with Crippen molar-refractivity contribution in [2.75, 3.05) is 16.8 Å². The summed E-state index contributed by atoms with van der Waals surface area (Å²) in [5.41, 5.74) is 3.80. The van der Waals surface area contributed by atoms with Gasteiger partial charge >= 0.3 is 0 Å². The maximum Gasteiger partial charge on any atom is 0.258 e. The highest BCUT2D eigenvalue weighted by atomic mass is 16.2. The van der Waals surface area contributed by atoms with Gasteiger partial charge in [-0.25, -0.2) is 0 Å². The van der Waals surface area contributed by atoms with Crippen molar-refractivity contribution in [2.24, 2.45) is 0 Å². The van der Waals surface area contributed by atoms with Crippen LogP contribution < -0.4 is 10.2 Å². The minimum Gasteiger partial charge on any atom is -0.321 e. The number of nitrogens with one attached hydrogen (secondary N) is 1.